The van der Waals surface area contributed by atoms with Gasteiger partial charge in [0.1, 0.15) is 0 Å². The summed E-state index contributed by atoms with van der Waals surface area (Å²) in [4.78, 5) is 0. The van der Waals surface area contributed by atoms with Crippen molar-refractivity contribution in [2.75, 3.05) is 13.2 Å². The zero-order valence-corrected chi connectivity index (χ0v) is 9.88. The van der Waals surface area contributed by atoms with Crippen LogP contribution in [0.25, 0.3) is 0 Å². The van der Waals surface area contributed by atoms with E-state index in [0.29, 0.717) is 18.1 Å². The minimum atomic E-state index is 0.440. The standard InChI is InChI=1S/C12H25NO/c1-4-14-12(10(2)3)9-11-7-5-6-8-13-11/h10-13H,4-9H2,1-3H3/t11-,12+/m0/s1. The minimum absolute atomic E-state index is 0.440. The van der Waals surface area contributed by atoms with Crippen molar-refractivity contribution in [2.45, 2.75) is 58.6 Å². The van der Waals surface area contributed by atoms with E-state index in [9.17, 15) is 0 Å². The van der Waals surface area contributed by atoms with Crippen molar-refractivity contribution in [3.05, 3.63) is 0 Å². The fraction of sp³-hybridized carbons (Fsp3) is 1.00. The lowest BCUT2D eigenvalue weighted by atomic mass is 9.94. The molecule has 1 rings (SSSR count). The summed E-state index contributed by atoms with van der Waals surface area (Å²) in [6, 6.07) is 0.697. The number of ether oxygens (including phenoxy) is 1. The second-order valence-electron chi connectivity index (χ2n) is 4.62. The molecule has 0 radical (unpaired) electrons. The lowest BCUT2D eigenvalue weighted by molar-refractivity contribution is 0.0159. The Labute approximate surface area is 88.4 Å². The minimum Gasteiger partial charge on any atom is -0.378 e. The van der Waals surface area contributed by atoms with Gasteiger partial charge in [-0.2, -0.15) is 0 Å². The Morgan fingerprint density at radius 2 is 2.14 bits per heavy atom. The third-order valence-corrected chi connectivity index (χ3v) is 3.05. The quantitative estimate of drug-likeness (QED) is 0.735. The fourth-order valence-electron chi connectivity index (χ4n) is 2.15. The van der Waals surface area contributed by atoms with E-state index in [2.05, 4.69) is 26.1 Å². The smallest absolute Gasteiger partial charge is 0.0612 e. The van der Waals surface area contributed by atoms with Gasteiger partial charge in [-0.15, -0.1) is 0 Å². The van der Waals surface area contributed by atoms with E-state index in [1.165, 1.54) is 32.2 Å². The second-order valence-corrected chi connectivity index (χ2v) is 4.62. The van der Waals surface area contributed by atoms with Crippen LogP contribution in [0.1, 0.15) is 46.5 Å². The van der Waals surface area contributed by atoms with Crippen LogP contribution in [0.5, 0.6) is 0 Å². The molecule has 0 bridgehead atoms. The molecule has 0 amide bonds. The topological polar surface area (TPSA) is 21.3 Å². The molecule has 0 unspecified atom stereocenters. The van der Waals surface area contributed by atoms with Gasteiger partial charge in [-0.3, -0.25) is 0 Å². The Kier molecular flexibility index (Phi) is 5.49. The van der Waals surface area contributed by atoms with Crippen molar-refractivity contribution in [2.24, 2.45) is 5.92 Å². The number of hydrogen-bond acceptors (Lipinski definition) is 2. The molecule has 0 saturated carbocycles. The fourth-order valence-corrected chi connectivity index (χ4v) is 2.15. The molecule has 1 heterocycles. The Morgan fingerprint density at radius 3 is 2.64 bits per heavy atom. The molecule has 0 aromatic rings. The van der Waals surface area contributed by atoms with E-state index in [4.69, 9.17) is 4.74 Å². The van der Waals surface area contributed by atoms with Crippen molar-refractivity contribution in [1.29, 1.82) is 0 Å². The second kappa shape index (κ2) is 6.41. The number of rotatable bonds is 5. The lowest BCUT2D eigenvalue weighted by Crippen LogP contribution is -2.38. The van der Waals surface area contributed by atoms with Crippen molar-refractivity contribution in [3.8, 4) is 0 Å². The number of piperidine rings is 1. The van der Waals surface area contributed by atoms with Crippen LogP contribution in [-0.2, 0) is 4.74 Å². The molecule has 84 valence electrons. The van der Waals surface area contributed by atoms with Gasteiger partial charge in [0.05, 0.1) is 6.10 Å². The Bertz CT molecular complexity index is 141. The van der Waals surface area contributed by atoms with Gasteiger partial charge in [0.15, 0.2) is 0 Å². The maximum absolute atomic E-state index is 5.77. The van der Waals surface area contributed by atoms with E-state index in [0.717, 1.165) is 6.61 Å². The first-order valence-corrected chi connectivity index (χ1v) is 6.09. The van der Waals surface area contributed by atoms with E-state index in [1.54, 1.807) is 0 Å². The summed E-state index contributed by atoms with van der Waals surface area (Å²) in [7, 11) is 0. The van der Waals surface area contributed by atoms with Crippen molar-refractivity contribution in [1.82, 2.24) is 5.32 Å². The SMILES string of the molecule is CCO[C@H](C[C@@H]1CCCCN1)C(C)C. The van der Waals surface area contributed by atoms with E-state index in [1.807, 2.05) is 0 Å². The molecule has 0 spiro atoms. The van der Waals surface area contributed by atoms with Crippen LogP contribution in [0.3, 0.4) is 0 Å². The molecule has 0 aliphatic carbocycles. The lowest BCUT2D eigenvalue weighted by Gasteiger charge is -2.29. The van der Waals surface area contributed by atoms with E-state index in [-0.39, 0.29) is 0 Å². The molecule has 2 heteroatoms. The van der Waals surface area contributed by atoms with Crippen LogP contribution in [0.15, 0.2) is 0 Å². The number of hydrogen-bond donors (Lipinski definition) is 1. The first kappa shape index (κ1) is 12.0. The number of nitrogens with one attached hydrogen (secondary N) is 1. The molecule has 1 fully saturated rings. The molecule has 1 aliphatic heterocycles. The van der Waals surface area contributed by atoms with Gasteiger partial charge >= 0.3 is 0 Å². The third kappa shape index (κ3) is 3.97. The molecular weight excluding hydrogens is 174 g/mol. The summed E-state index contributed by atoms with van der Waals surface area (Å²) in [6.45, 7) is 8.63. The normalized spacial score (nSPS) is 25.3. The van der Waals surface area contributed by atoms with Crippen molar-refractivity contribution >= 4 is 0 Å². The van der Waals surface area contributed by atoms with Gasteiger partial charge in [0.2, 0.25) is 0 Å². The summed E-state index contributed by atoms with van der Waals surface area (Å²) in [5.74, 6) is 0.638. The van der Waals surface area contributed by atoms with E-state index < -0.39 is 0 Å². The van der Waals surface area contributed by atoms with Gasteiger partial charge in [-0.05, 0) is 38.6 Å². The van der Waals surface area contributed by atoms with Crippen LogP contribution < -0.4 is 5.32 Å². The van der Waals surface area contributed by atoms with Gasteiger partial charge in [0, 0.05) is 12.6 Å². The summed E-state index contributed by atoms with van der Waals surface area (Å²) in [5.41, 5.74) is 0. The molecular formula is C12H25NO. The van der Waals surface area contributed by atoms with Crippen LogP contribution >= 0.6 is 0 Å². The van der Waals surface area contributed by atoms with E-state index >= 15 is 0 Å². The van der Waals surface area contributed by atoms with Gasteiger partial charge in [0.25, 0.3) is 0 Å². The van der Waals surface area contributed by atoms with Crippen molar-refractivity contribution < 1.29 is 4.74 Å². The maximum Gasteiger partial charge on any atom is 0.0612 e. The average Bonchev–Trinajstić information content (AvgIpc) is 2.18. The van der Waals surface area contributed by atoms with Crippen LogP contribution in [0, 0.1) is 5.92 Å². The highest BCUT2D eigenvalue weighted by molar-refractivity contribution is 4.77. The summed E-state index contributed by atoms with van der Waals surface area (Å²) in [5, 5.41) is 3.58. The van der Waals surface area contributed by atoms with Gasteiger partial charge < -0.3 is 10.1 Å². The summed E-state index contributed by atoms with van der Waals surface area (Å²) < 4.78 is 5.77. The molecule has 0 aromatic carbocycles. The third-order valence-electron chi connectivity index (χ3n) is 3.05. The maximum atomic E-state index is 5.77. The molecule has 1 N–H and O–H groups in total. The molecule has 14 heavy (non-hydrogen) atoms. The van der Waals surface area contributed by atoms with Gasteiger partial charge in [-0.25, -0.2) is 0 Å². The Morgan fingerprint density at radius 1 is 1.36 bits per heavy atom. The van der Waals surface area contributed by atoms with Crippen LogP contribution in [-0.4, -0.2) is 25.3 Å². The monoisotopic (exact) mass is 199 g/mol. The molecule has 1 aliphatic rings. The Balaban J connectivity index is 2.29. The highest BCUT2D eigenvalue weighted by atomic mass is 16.5. The van der Waals surface area contributed by atoms with Crippen LogP contribution in [0.2, 0.25) is 0 Å². The predicted molar refractivity (Wildman–Crippen MR) is 60.5 cm³/mol. The Hall–Kier alpha value is -0.0800. The highest BCUT2D eigenvalue weighted by Gasteiger charge is 2.20. The summed E-state index contributed by atoms with van der Waals surface area (Å²) >= 11 is 0. The molecule has 0 aromatic heterocycles. The highest BCUT2D eigenvalue weighted by Crippen LogP contribution is 2.18. The average molecular weight is 199 g/mol. The van der Waals surface area contributed by atoms with Crippen molar-refractivity contribution in [3.63, 3.8) is 0 Å². The van der Waals surface area contributed by atoms with Crippen LogP contribution in [0.4, 0.5) is 0 Å². The first-order chi connectivity index (χ1) is 6.74. The molecule has 2 nitrogen and oxygen atoms in total. The largest absolute Gasteiger partial charge is 0.378 e. The zero-order valence-electron chi connectivity index (χ0n) is 9.88. The molecule has 1 saturated heterocycles. The predicted octanol–water partition coefficient (Wildman–Crippen LogP) is 2.58. The summed E-state index contributed by atoms with van der Waals surface area (Å²) in [6.07, 6.45) is 5.68. The first-order valence-electron chi connectivity index (χ1n) is 6.09. The molecule has 2 atom stereocenters. The zero-order chi connectivity index (χ0) is 10.4. The van der Waals surface area contributed by atoms with Gasteiger partial charge in [-0.1, -0.05) is 20.3 Å².